The number of carbonyl (C=O) groups excluding carboxylic acids is 1. The lowest BCUT2D eigenvalue weighted by atomic mass is 10.0. The number of Topliss-reactive ketones (excluding diaryl/α,β-unsaturated/α-hetero) is 1. The summed E-state index contributed by atoms with van der Waals surface area (Å²) < 4.78 is 26.9. The Bertz CT molecular complexity index is 981. The number of benzene rings is 2. The van der Waals surface area contributed by atoms with Crippen LogP contribution in [0.5, 0.6) is 0 Å². The second-order valence-electron chi connectivity index (χ2n) is 8.71. The van der Waals surface area contributed by atoms with E-state index in [2.05, 4.69) is 34.5 Å². The molecule has 0 aromatic heterocycles. The van der Waals surface area contributed by atoms with Crippen molar-refractivity contribution in [3.8, 4) is 0 Å². The summed E-state index contributed by atoms with van der Waals surface area (Å²) >= 11 is 0. The van der Waals surface area contributed by atoms with Crippen LogP contribution >= 0.6 is 0 Å². The third kappa shape index (κ3) is 5.46. The highest BCUT2D eigenvalue weighted by molar-refractivity contribution is 7.89. The highest BCUT2D eigenvalue weighted by Crippen LogP contribution is 2.24. The minimum Gasteiger partial charge on any atom is -0.308 e. The molecular formula is C25H33N3O3S. The molecule has 1 unspecified atom stereocenters. The zero-order valence-corrected chi connectivity index (χ0v) is 19.4. The van der Waals surface area contributed by atoms with Gasteiger partial charge in [0.25, 0.3) is 0 Å². The highest BCUT2D eigenvalue weighted by Gasteiger charge is 2.27. The summed E-state index contributed by atoms with van der Waals surface area (Å²) in [6.07, 6.45) is 5.53. The van der Waals surface area contributed by atoms with Crippen LogP contribution in [0.4, 0.5) is 0 Å². The third-order valence-corrected chi connectivity index (χ3v) is 8.43. The number of piperidine rings is 1. The lowest BCUT2D eigenvalue weighted by Crippen LogP contribution is -2.40. The number of nitrogens with one attached hydrogen (secondary N) is 1. The van der Waals surface area contributed by atoms with Gasteiger partial charge in [0.2, 0.25) is 10.0 Å². The van der Waals surface area contributed by atoms with E-state index in [1.54, 1.807) is 24.3 Å². The van der Waals surface area contributed by atoms with Gasteiger partial charge in [0.05, 0.1) is 11.4 Å². The van der Waals surface area contributed by atoms with Crippen LogP contribution in [0.2, 0.25) is 0 Å². The molecule has 4 rings (SSSR count). The number of hydrogen-bond donors (Lipinski definition) is 1. The number of nitrogens with zero attached hydrogens (tertiary/aromatic N) is 2. The summed E-state index contributed by atoms with van der Waals surface area (Å²) in [4.78, 5) is 15.5. The number of sulfonamides is 1. The largest absolute Gasteiger partial charge is 0.308 e. The predicted octanol–water partition coefficient (Wildman–Crippen LogP) is 3.47. The first-order chi connectivity index (χ1) is 15.6. The van der Waals surface area contributed by atoms with Gasteiger partial charge in [-0.05, 0) is 56.5 Å². The van der Waals surface area contributed by atoms with Crippen LogP contribution in [0.15, 0.2) is 59.5 Å². The van der Waals surface area contributed by atoms with E-state index in [1.165, 1.54) is 29.1 Å². The van der Waals surface area contributed by atoms with Crippen molar-refractivity contribution in [2.75, 3.05) is 39.3 Å². The Labute approximate surface area is 191 Å². The topological polar surface area (TPSA) is 69.7 Å². The molecule has 1 atom stereocenters. The predicted molar refractivity (Wildman–Crippen MR) is 126 cm³/mol. The summed E-state index contributed by atoms with van der Waals surface area (Å²) in [6.45, 7) is 4.26. The van der Waals surface area contributed by atoms with Crippen LogP contribution in [-0.2, 0) is 10.0 Å². The molecule has 2 aliphatic rings. The fourth-order valence-electron chi connectivity index (χ4n) is 4.68. The first kappa shape index (κ1) is 23.1. The molecule has 32 heavy (non-hydrogen) atoms. The lowest BCUT2D eigenvalue weighted by Gasteiger charge is -2.35. The molecule has 0 saturated carbocycles. The summed E-state index contributed by atoms with van der Waals surface area (Å²) in [5.74, 6) is -0.0272. The van der Waals surface area contributed by atoms with Gasteiger partial charge in [-0.15, -0.1) is 0 Å². The molecule has 0 radical (unpaired) electrons. The van der Waals surface area contributed by atoms with Crippen LogP contribution in [0, 0.1) is 0 Å². The Morgan fingerprint density at radius 3 is 2.12 bits per heavy atom. The number of rotatable bonds is 9. The Kier molecular flexibility index (Phi) is 7.73. The second-order valence-corrected chi connectivity index (χ2v) is 10.7. The summed E-state index contributed by atoms with van der Waals surface area (Å²) in [5.41, 5.74) is 1.80. The molecular weight excluding hydrogens is 422 g/mol. The minimum atomic E-state index is -3.45. The average molecular weight is 456 g/mol. The van der Waals surface area contributed by atoms with E-state index in [1.807, 2.05) is 6.07 Å². The normalized spacial score (nSPS) is 19.1. The van der Waals surface area contributed by atoms with E-state index >= 15 is 0 Å². The molecule has 6 nitrogen and oxygen atoms in total. The van der Waals surface area contributed by atoms with E-state index in [9.17, 15) is 13.2 Å². The lowest BCUT2D eigenvalue weighted by molar-refractivity contribution is 0.0983. The SMILES string of the molecule is O=C(CNCC(c1ccccc1)N1CCCCC1)c1ccc(S(=O)(=O)N2CCCC2)cc1. The number of ketones is 1. The molecule has 2 heterocycles. The molecule has 0 bridgehead atoms. The molecule has 0 aliphatic carbocycles. The van der Waals surface area contributed by atoms with Crippen LogP contribution in [0.25, 0.3) is 0 Å². The molecule has 2 aliphatic heterocycles. The van der Waals surface area contributed by atoms with Gasteiger partial charge in [-0.1, -0.05) is 48.9 Å². The quantitative estimate of drug-likeness (QED) is 0.587. The zero-order chi connectivity index (χ0) is 22.4. The highest BCUT2D eigenvalue weighted by atomic mass is 32.2. The molecule has 7 heteroatoms. The molecule has 2 fully saturated rings. The van der Waals surface area contributed by atoms with Crippen molar-refractivity contribution in [2.24, 2.45) is 0 Å². The van der Waals surface area contributed by atoms with E-state index in [0.717, 1.165) is 25.9 Å². The van der Waals surface area contributed by atoms with Crippen LogP contribution in [-0.4, -0.2) is 62.7 Å². The molecule has 0 amide bonds. The Hall–Kier alpha value is -2.06. The Balaban J connectivity index is 1.36. The number of carbonyl (C=O) groups is 1. The zero-order valence-electron chi connectivity index (χ0n) is 18.6. The van der Waals surface area contributed by atoms with Crippen molar-refractivity contribution in [3.05, 3.63) is 65.7 Å². The number of hydrogen-bond acceptors (Lipinski definition) is 5. The first-order valence-electron chi connectivity index (χ1n) is 11.7. The summed E-state index contributed by atoms with van der Waals surface area (Å²) in [7, 11) is -3.45. The fraction of sp³-hybridized carbons (Fsp3) is 0.480. The van der Waals surface area contributed by atoms with Gasteiger partial charge in [0.1, 0.15) is 0 Å². The van der Waals surface area contributed by atoms with E-state index in [-0.39, 0.29) is 23.3 Å². The van der Waals surface area contributed by atoms with Crippen molar-refractivity contribution in [3.63, 3.8) is 0 Å². The number of likely N-dealkylation sites (tertiary alicyclic amines) is 1. The van der Waals surface area contributed by atoms with Gasteiger partial charge in [-0.3, -0.25) is 9.69 Å². The monoisotopic (exact) mass is 455 g/mol. The van der Waals surface area contributed by atoms with Crippen LogP contribution in [0.1, 0.15) is 54.1 Å². The maximum absolute atomic E-state index is 12.7. The molecule has 2 aromatic rings. The Morgan fingerprint density at radius 2 is 1.47 bits per heavy atom. The van der Waals surface area contributed by atoms with Crippen LogP contribution in [0.3, 0.4) is 0 Å². The van der Waals surface area contributed by atoms with Crippen molar-refractivity contribution in [2.45, 2.75) is 43.0 Å². The smallest absolute Gasteiger partial charge is 0.243 e. The summed E-state index contributed by atoms with van der Waals surface area (Å²) in [5, 5.41) is 3.35. The van der Waals surface area contributed by atoms with Gasteiger partial charge in [0.15, 0.2) is 5.78 Å². The summed E-state index contributed by atoms with van der Waals surface area (Å²) in [6, 6.07) is 17.1. The van der Waals surface area contributed by atoms with E-state index in [0.29, 0.717) is 25.2 Å². The molecule has 172 valence electrons. The maximum atomic E-state index is 12.7. The van der Waals surface area contributed by atoms with E-state index in [4.69, 9.17) is 0 Å². The van der Waals surface area contributed by atoms with Gasteiger partial charge in [0, 0.05) is 31.2 Å². The average Bonchev–Trinajstić information content (AvgIpc) is 3.39. The van der Waals surface area contributed by atoms with Crippen molar-refractivity contribution in [1.29, 1.82) is 0 Å². The first-order valence-corrected chi connectivity index (χ1v) is 13.1. The van der Waals surface area contributed by atoms with Crippen molar-refractivity contribution in [1.82, 2.24) is 14.5 Å². The minimum absolute atomic E-state index is 0.0272. The third-order valence-electron chi connectivity index (χ3n) is 6.52. The fourth-order valence-corrected chi connectivity index (χ4v) is 6.19. The Morgan fingerprint density at radius 1 is 0.844 bits per heavy atom. The van der Waals surface area contributed by atoms with Crippen molar-refractivity contribution >= 4 is 15.8 Å². The van der Waals surface area contributed by atoms with Gasteiger partial charge < -0.3 is 5.32 Å². The second kappa shape index (κ2) is 10.7. The van der Waals surface area contributed by atoms with Gasteiger partial charge in [-0.25, -0.2) is 8.42 Å². The van der Waals surface area contributed by atoms with Crippen LogP contribution < -0.4 is 5.32 Å². The standard InChI is InChI=1S/C25H33N3O3S/c29-25(22-11-13-23(14-12-22)32(30,31)28-17-7-8-18-28)20-26-19-24(21-9-3-1-4-10-21)27-15-5-2-6-16-27/h1,3-4,9-14,24,26H,2,5-8,15-20H2. The molecule has 2 saturated heterocycles. The van der Waals surface area contributed by atoms with Gasteiger partial charge in [-0.2, -0.15) is 4.31 Å². The van der Waals surface area contributed by atoms with Gasteiger partial charge >= 0.3 is 0 Å². The maximum Gasteiger partial charge on any atom is 0.243 e. The molecule has 2 aromatic carbocycles. The van der Waals surface area contributed by atoms with Crippen molar-refractivity contribution < 1.29 is 13.2 Å². The molecule has 0 spiro atoms. The molecule has 1 N–H and O–H groups in total. The van der Waals surface area contributed by atoms with E-state index < -0.39 is 10.0 Å².